The molecular formula is C26H35F3O11S2-2. The molecule has 3 atom stereocenters. The fourth-order valence-corrected chi connectivity index (χ4v) is 10.0. The van der Waals surface area contributed by atoms with Gasteiger partial charge in [-0.3, -0.25) is 10.1 Å². The second-order valence-corrected chi connectivity index (χ2v) is 15.5. The highest BCUT2D eigenvalue weighted by molar-refractivity contribution is 7.96. The van der Waals surface area contributed by atoms with Gasteiger partial charge in [0.15, 0.2) is 0 Å². The molecule has 42 heavy (non-hydrogen) atoms. The first-order valence-corrected chi connectivity index (χ1v) is 15.7. The molecular weight excluding hydrogens is 609 g/mol. The number of halogens is 3. The summed E-state index contributed by atoms with van der Waals surface area (Å²) >= 11 is -0.663. The van der Waals surface area contributed by atoms with Gasteiger partial charge in [0.2, 0.25) is 0 Å². The van der Waals surface area contributed by atoms with Crippen LogP contribution in [0.15, 0.2) is 0 Å². The van der Waals surface area contributed by atoms with E-state index < -0.39 is 45.4 Å². The normalized spacial score (nSPS) is 40.7. The summed E-state index contributed by atoms with van der Waals surface area (Å²) in [6.07, 6.45) is 10.8. The van der Waals surface area contributed by atoms with Crippen LogP contribution in [0.5, 0.6) is 0 Å². The van der Waals surface area contributed by atoms with Crippen molar-refractivity contribution in [2.45, 2.75) is 105 Å². The van der Waals surface area contributed by atoms with Crippen molar-refractivity contribution in [3.05, 3.63) is 0 Å². The molecule has 0 amide bonds. The molecule has 8 aliphatic rings. The Hall–Kier alpha value is -0.850. The zero-order chi connectivity index (χ0) is 30.4. The van der Waals surface area contributed by atoms with E-state index in [9.17, 15) is 38.4 Å². The maximum absolute atomic E-state index is 14.1. The van der Waals surface area contributed by atoms with Crippen molar-refractivity contribution >= 4 is 36.0 Å². The Morgan fingerprint density at radius 2 is 1.31 bits per heavy atom. The Kier molecular flexibility index (Phi) is 9.42. The van der Waals surface area contributed by atoms with Crippen LogP contribution in [-0.2, 0) is 37.8 Å². The molecule has 0 aromatic rings. The molecule has 0 aromatic heterocycles. The molecule has 0 radical (unpaired) electrons. The Balaban J connectivity index is 0.000000168. The van der Waals surface area contributed by atoms with Gasteiger partial charge in [0.1, 0.15) is 17.6 Å². The van der Waals surface area contributed by atoms with Crippen LogP contribution in [0.4, 0.5) is 13.2 Å². The fourth-order valence-electron chi connectivity index (χ4n) is 9.51. The van der Waals surface area contributed by atoms with E-state index in [1.54, 1.807) is 0 Å². The van der Waals surface area contributed by atoms with Crippen LogP contribution >= 0.6 is 24.1 Å². The number of carbonyl (C=O) groups excluding carboxylic acids is 2. The number of hydrogen-bond donors (Lipinski definition) is 1. The molecule has 3 unspecified atom stereocenters. The summed E-state index contributed by atoms with van der Waals surface area (Å²) in [5.41, 5.74) is -1.71. The highest BCUT2D eigenvalue weighted by atomic mass is 32.2. The number of esters is 2. The minimum atomic E-state index is -3.94. The number of aliphatic hydroxyl groups is 1. The maximum atomic E-state index is 14.1. The van der Waals surface area contributed by atoms with Crippen molar-refractivity contribution in [1.82, 2.24) is 0 Å². The van der Waals surface area contributed by atoms with E-state index in [1.165, 1.54) is 19.3 Å². The first-order valence-electron chi connectivity index (χ1n) is 14.2. The lowest BCUT2D eigenvalue weighted by molar-refractivity contribution is -0.777. The number of carbonyl (C=O) groups is 2. The van der Waals surface area contributed by atoms with E-state index in [2.05, 4.69) is 18.7 Å². The molecule has 0 aromatic carbocycles. The minimum Gasteiger partial charge on any atom is -0.691 e. The Morgan fingerprint density at radius 1 is 0.810 bits per heavy atom. The molecule has 0 spiro atoms. The molecule has 8 bridgehead atoms. The zero-order valence-corrected chi connectivity index (χ0v) is 24.7. The maximum Gasteiger partial charge on any atom is 0.415 e. The molecule has 0 heterocycles. The quantitative estimate of drug-likeness (QED) is 0.151. The van der Waals surface area contributed by atoms with Gasteiger partial charge in [0, 0.05) is 11.8 Å². The molecule has 0 aliphatic heterocycles. The monoisotopic (exact) mass is 644 g/mol. The van der Waals surface area contributed by atoms with Crippen LogP contribution in [0, 0.1) is 35.0 Å². The first-order chi connectivity index (χ1) is 19.7. The van der Waals surface area contributed by atoms with Gasteiger partial charge in [-0.1, -0.05) is 0 Å². The summed E-state index contributed by atoms with van der Waals surface area (Å²) in [4.78, 5) is 23.5. The number of alkyl halides is 3. The lowest BCUT2D eigenvalue weighted by Gasteiger charge is -2.59. The molecule has 11 nitrogen and oxygen atoms in total. The second-order valence-electron chi connectivity index (χ2n) is 13.6. The predicted molar refractivity (Wildman–Crippen MR) is 134 cm³/mol. The minimum absolute atomic E-state index is 0.0239. The SMILES string of the molecule is CC(F)(SOO[O-])C(=O)OC12CC3CC(CC(O)(C3)C1)C2.O=C(OCC12CC3CC(CC(C3)C1)C2)C(F)(F)SOO[O-]. The van der Waals surface area contributed by atoms with Crippen molar-refractivity contribution in [2.75, 3.05) is 6.61 Å². The van der Waals surface area contributed by atoms with Crippen molar-refractivity contribution in [1.29, 1.82) is 0 Å². The molecule has 240 valence electrons. The van der Waals surface area contributed by atoms with E-state index >= 15 is 0 Å². The van der Waals surface area contributed by atoms with Gasteiger partial charge in [-0.25, -0.2) is 14.0 Å². The van der Waals surface area contributed by atoms with E-state index in [1.807, 2.05) is 0 Å². The van der Waals surface area contributed by atoms with Crippen LogP contribution in [0.25, 0.3) is 0 Å². The van der Waals surface area contributed by atoms with E-state index in [0.29, 0.717) is 48.9 Å². The molecule has 0 saturated heterocycles. The van der Waals surface area contributed by atoms with Crippen molar-refractivity contribution in [3.63, 3.8) is 0 Å². The van der Waals surface area contributed by atoms with Gasteiger partial charge in [-0.2, -0.15) is 17.4 Å². The lowest BCUT2D eigenvalue weighted by atomic mass is 9.50. The fraction of sp³-hybridized carbons (Fsp3) is 0.923. The summed E-state index contributed by atoms with van der Waals surface area (Å²) in [6.45, 7) is 0.984. The Bertz CT molecular complexity index is 967. The topological polar surface area (TPSA) is 156 Å². The van der Waals surface area contributed by atoms with Gasteiger partial charge >= 0.3 is 17.2 Å². The van der Waals surface area contributed by atoms with Gasteiger partial charge in [-0.15, -0.1) is 0 Å². The zero-order valence-electron chi connectivity index (χ0n) is 23.1. The average molecular weight is 645 g/mol. The summed E-state index contributed by atoms with van der Waals surface area (Å²) < 4.78 is 58.5. The van der Waals surface area contributed by atoms with Gasteiger partial charge < -0.3 is 25.1 Å². The molecule has 8 aliphatic carbocycles. The largest absolute Gasteiger partial charge is 0.691 e. The van der Waals surface area contributed by atoms with Crippen molar-refractivity contribution < 1.29 is 66.6 Å². The number of ether oxygens (including phenoxy) is 2. The second kappa shape index (κ2) is 12.2. The van der Waals surface area contributed by atoms with Crippen LogP contribution in [0.3, 0.4) is 0 Å². The van der Waals surface area contributed by atoms with E-state index in [-0.39, 0.29) is 24.1 Å². The summed E-state index contributed by atoms with van der Waals surface area (Å²) in [5.74, 6) is -0.172. The van der Waals surface area contributed by atoms with Crippen LogP contribution in [-0.4, -0.2) is 45.1 Å². The summed E-state index contributed by atoms with van der Waals surface area (Å²) in [6, 6.07) is 0. The number of hydrogen-bond acceptors (Lipinski definition) is 13. The molecule has 1 N–H and O–H groups in total. The van der Waals surface area contributed by atoms with Gasteiger partial charge in [0.25, 0.3) is 5.00 Å². The molecule has 16 heteroatoms. The highest BCUT2D eigenvalue weighted by Gasteiger charge is 2.60. The average Bonchev–Trinajstić information content (AvgIpc) is 2.87. The molecule has 8 rings (SSSR count). The predicted octanol–water partition coefficient (Wildman–Crippen LogP) is 3.38. The third-order valence-electron chi connectivity index (χ3n) is 9.95. The van der Waals surface area contributed by atoms with Crippen molar-refractivity contribution in [2.24, 2.45) is 35.0 Å². The van der Waals surface area contributed by atoms with Crippen LogP contribution < -0.4 is 10.5 Å². The standard InChI is InChI=1S/C13H18F2O5S.C13H19FO6S/c14-13(15,21-20-19-17)11(16)18-7-12-4-8-1-9(5-12)3-10(2-8)6-12;1-11(14,21-20-19-17)10(15)18-13-5-8-2-9(6-13)4-12(16,3-8)7-13/h8-10,17H,1-7H2;8-9,16-17H,2-7H2,1H3/p-2. The lowest BCUT2D eigenvalue weighted by Crippen LogP contribution is -2.61. The van der Waals surface area contributed by atoms with E-state index in [4.69, 9.17) is 9.47 Å². The number of rotatable bonds is 11. The van der Waals surface area contributed by atoms with Crippen LogP contribution in [0.2, 0.25) is 0 Å². The first kappa shape index (κ1) is 32.5. The third-order valence-corrected chi connectivity index (χ3v) is 11.1. The Morgan fingerprint density at radius 3 is 1.81 bits per heavy atom. The summed E-state index contributed by atoms with van der Waals surface area (Å²) in [7, 11) is 0. The summed E-state index contributed by atoms with van der Waals surface area (Å²) in [5, 5.41) is 29.3. The van der Waals surface area contributed by atoms with Gasteiger partial charge in [-0.05, 0) is 107 Å². The van der Waals surface area contributed by atoms with E-state index in [0.717, 1.165) is 45.4 Å². The Labute approximate surface area is 249 Å². The van der Waals surface area contributed by atoms with Gasteiger partial charge in [0.05, 0.1) is 24.3 Å². The smallest absolute Gasteiger partial charge is 0.415 e. The molecule has 8 fully saturated rings. The highest BCUT2D eigenvalue weighted by Crippen LogP contribution is 2.61. The van der Waals surface area contributed by atoms with Crippen LogP contribution in [0.1, 0.15) is 84.0 Å². The van der Waals surface area contributed by atoms with Crippen molar-refractivity contribution in [3.8, 4) is 0 Å². The third kappa shape index (κ3) is 7.17. The molecule has 8 saturated carbocycles.